The number of halogens is 3. The van der Waals surface area contributed by atoms with Gasteiger partial charge in [-0.15, -0.1) is 0 Å². The van der Waals surface area contributed by atoms with Gasteiger partial charge in [-0.3, -0.25) is 4.98 Å². The highest BCUT2D eigenvalue weighted by Gasteiger charge is 2.42. The number of aromatic nitrogens is 1. The van der Waals surface area contributed by atoms with E-state index in [2.05, 4.69) is 31.1 Å². The molecule has 3 heterocycles. The quantitative estimate of drug-likeness (QED) is 0.268. The maximum absolute atomic E-state index is 6.43. The largest absolute Gasteiger partial charge is 0.459 e. The van der Waals surface area contributed by atoms with Crippen molar-refractivity contribution >= 4 is 62.1 Å². The van der Waals surface area contributed by atoms with Crippen LogP contribution < -0.4 is 10.2 Å². The molecular formula is C24H16BrCl2N3OS. The number of hydrogen-bond donors (Lipinski definition) is 1. The van der Waals surface area contributed by atoms with E-state index in [1.807, 2.05) is 66.7 Å². The fraction of sp³-hybridized carbons (Fsp3) is 0.0833. The standard InChI is InChI=1S/C24H16BrCl2N3OS/c25-14-7-9-15(10-8-14)30-23(22(29-24(30)32)18-6-1-2-13-28-18)20-12-11-19(31-20)16-4-3-5-17(26)21(16)27/h1-13,22-23H,(H,29,32)/t22-,23+/m0/s1. The van der Waals surface area contributed by atoms with Crippen LogP contribution in [0, 0.1) is 0 Å². The molecule has 0 amide bonds. The Balaban J connectivity index is 1.61. The first-order valence-electron chi connectivity index (χ1n) is 9.83. The summed E-state index contributed by atoms with van der Waals surface area (Å²) in [6, 6.07) is 22.8. The molecule has 160 valence electrons. The molecule has 1 fully saturated rings. The number of furan rings is 1. The molecule has 4 aromatic rings. The van der Waals surface area contributed by atoms with E-state index in [4.69, 9.17) is 39.8 Å². The summed E-state index contributed by atoms with van der Waals surface area (Å²) in [7, 11) is 0. The second-order valence-corrected chi connectivity index (χ2v) is 9.36. The molecule has 32 heavy (non-hydrogen) atoms. The van der Waals surface area contributed by atoms with Crippen LogP contribution in [0.25, 0.3) is 11.3 Å². The summed E-state index contributed by atoms with van der Waals surface area (Å²) >= 11 is 21.9. The summed E-state index contributed by atoms with van der Waals surface area (Å²) in [5.41, 5.74) is 2.56. The van der Waals surface area contributed by atoms with Crippen molar-refractivity contribution in [2.24, 2.45) is 0 Å². The Labute approximate surface area is 209 Å². The van der Waals surface area contributed by atoms with Crippen molar-refractivity contribution in [3.63, 3.8) is 0 Å². The van der Waals surface area contributed by atoms with Gasteiger partial charge in [0.1, 0.15) is 17.6 Å². The highest BCUT2D eigenvalue weighted by atomic mass is 79.9. The number of rotatable bonds is 4. The van der Waals surface area contributed by atoms with Crippen molar-refractivity contribution < 1.29 is 4.42 Å². The Kier molecular flexibility index (Phi) is 5.95. The molecule has 1 N–H and O–H groups in total. The van der Waals surface area contributed by atoms with Gasteiger partial charge < -0.3 is 14.6 Å². The molecule has 1 aliphatic rings. The third-order valence-electron chi connectivity index (χ3n) is 5.34. The van der Waals surface area contributed by atoms with Gasteiger partial charge in [0.05, 0.1) is 21.8 Å². The Bertz CT molecular complexity index is 1280. The second-order valence-electron chi connectivity index (χ2n) is 7.28. The highest BCUT2D eigenvalue weighted by molar-refractivity contribution is 9.10. The van der Waals surface area contributed by atoms with E-state index >= 15 is 0 Å². The first-order chi connectivity index (χ1) is 15.5. The average molecular weight is 545 g/mol. The predicted octanol–water partition coefficient (Wildman–Crippen LogP) is 7.59. The minimum Gasteiger partial charge on any atom is -0.459 e. The number of thiocarbonyl (C=S) groups is 1. The van der Waals surface area contributed by atoms with E-state index in [1.165, 1.54) is 0 Å². The normalized spacial score (nSPS) is 18.1. The van der Waals surface area contributed by atoms with Gasteiger partial charge >= 0.3 is 0 Å². The maximum Gasteiger partial charge on any atom is 0.174 e. The molecule has 4 nitrogen and oxygen atoms in total. The highest BCUT2D eigenvalue weighted by Crippen LogP contribution is 2.44. The van der Waals surface area contributed by atoms with Crippen molar-refractivity contribution in [1.29, 1.82) is 0 Å². The molecular weight excluding hydrogens is 529 g/mol. The Morgan fingerprint density at radius 1 is 0.969 bits per heavy atom. The predicted molar refractivity (Wildman–Crippen MR) is 136 cm³/mol. The van der Waals surface area contributed by atoms with Crippen LogP contribution in [0.3, 0.4) is 0 Å². The molecule has 2 aromatic heterocycles. The summed E-state index contributed by atoms with van der Waals surface area (Å²) in [5.74, 6) is 1.38. The molecule has 1 aliphatic heterocycles. The first kappa shape index (κ1) is 21.5. The summed E-state index contributed by atoms with van der Waals surface area (Å²) < 4.78 is 7.34. The Morgan fingerprint density at radius 3 is 2.53 bits per heavy atom. The SMILES string of the molecule is S=C1N[C@@H](c2ccccn2)[C@@H](c2ccc(-c3cccc(Cl)c3Cl)o2)N1c1ccc(Br)cc1. The van der Waals surface area contributed by atoms with E-state index in [9.17, 15) is 0 Å². The van der Waals surface area contributed by atoms with E-state index in [-0.39, 0.29) is 12.1 Å². The fourth-order valence-electron chi connectivity index (χ4n) is 3.87. The third-order valence-corrected chi connectivity index (χ3v) is 7.00. The Morgan fingerprint density at radius 2 is 1.78 bits per heavy atom. The van der Waals surface area contributed by atoms with Gasteiger partial charge in [-0.05, 0) is 72.9 Å². The lowest BCUT2D eigenvalue weighted by Crippen LogP contribution is -2.29. The van der Waals surface area contributed by atoms with Crippen LogP contribution in [-0.4, -0.2) is 10.1 Å². The van der Waals surface area contributed by atoms with Crippen molar-refractivity contribution in [2.45, 2.75) is 12.1 Å². The summed E-state index contributed by atoms with van der Waals surface area (Å²) in [6.45, 7) is 0. The smallest absolute Gasteiger partial charge is 0.174 e. The van der Waals surface area contributed by atoms with Gasteiger partial charge in [0, 0.05) is 21.9 Å². The lowest BCUT2D eigenvalue weighted by Gasteiger charge is -2.26. The van der Waals surface area contributed by atoms with Crippen molar-refractivity contribution in [1.82, 2.24) is 10.3 Å². The lowest BCUT2D eigenvalue weighted by atomic mass is 10.0. The van der Waals surface area contributed by atoms with Gasteiger partial charge in [0.2, 0.25) is 0 Å². The van der Waals surface area contributed by atoms with Gasteiger partial charge in [0.25, 0.3) is 0 Å². The monoisotopic (exact) mass is 543 g/mol. The zero-order valence-corrected chi connectivity index (χ0v) is 20.4. The molecule has 0 unspecified atom stereocenters. The van der Waals surface area contributed by atoms with Crippen LogP contribution in [0.1, 0.15) is 23.5 Å². The summed E-state index contributed by atoms with van der Waals surface area (Å²) in [4.78, 5) is 6.63. The number of anilines is 1. The number of hydrogen-bond acceptors (Lipinski definition) is 3. The molecule has 2 aromatic carbocycles. The van der Waals surface area contributed by atoms with E-state index in [0.29, 0.717) is 20.9 Å². The van der Waals surface area contributed by atoms with Gasteiger partial charge in [0.15, 0.2) is 5.11 Å². The lowest BCUT2D eigenvalue weighted by molar-refractivity contribution is 0.439. The van der Waals surface area contributed by atoms with Crippen molar-refractivity contribution in [3.05, 3.63) is 105 Å². The number of nitrogens with one attached hydrogen (secondary N) is 1. The second kappa shape index (κ2) is 8.87. The maximum atomic E-state index is 6.43. The zero-order chi connectivity index (χ0) is 22.2. The van der Waals surface area contributed by atoms with Crippen LogP contribution in [0.4, 0.5) is 5.69 Å². The van der Waals surface area contributed by atoms with Crippen LogP contribution in [-0.2, 0) is 0 Å². The minimum atomic E-state index is -0.245. The van der Waals surface area contributed by atoms with Crippen LogP contribution in [0.15, 0.2) is 87.9 Å². The van der Waals surface area contributed by atoms with E-state index in [1.54, 1.807) is 12.3 Å². The van der Waals surface area contributed by atoms with E-state index in [0.717, 1.165) is 27.2 Å². The summed E-state index contributed by atoms with van der Waals surface area (Å²) in [6.07, 6.45) is 1.78. The summed E-state index contributed by atoms with van der Waals surface area (Å²) in [5, 5.41) is 4.97. The van der Waals surface area contributed by atoms with E-state index < -0.39 is 0 Å². The van der Waals surface area contributed by atoms with Gasteiger partial charge in [-0.25, -0.2) is 0 Å². The molecule has 0 radical (unpaired) electrons. The van der Waals surface area contributed by atoms with Crippen LogP contribution in [0.2, 0.25) is 10.0 Å². The van der Waals surface area contributed by atoms with Crippen molar-refractivity contribution in [3.8, 4) is 11.3 Å². The Hall–Kier alpha value is -2.38. The van der Waals surface area contributed by atoms with Gasteiger partial charge in [-0.2, -0.15) is 0 Å². The minimum absolute atomic E-state index is 0.193. The number of benzene rings is 2. The molecule has 0 spiro atoms. The van der Waals surface area contributed by atoms with Gasteiger partial charge in [-0.1, -0.05) is 51.3 Å². The molecule has 0 aliphatic carbocycles. The topological polar surface area (TPSA) is 41.3 Å². The first-order valence-corrected chi connectivity index (χ1v) is 11.8. The molecule has 0 bridgehead atoms. The average Bonchev–Trinajstić information content (AvgIpc) is 3.41. The fourth-order valence-corrected chi connectivity index (χ4v) is 4.88. The molecule has 1 saturated heterocycles. The molecule has 2 atom stereocenters. The third kappa shape index (κ3) is 3.92. The zero-order valence-electron chi connectivity index (χ0n) is 16.5. The molecule has 8 heteroatoms. The van der Waals surface area contributed by atoms with Crippen LogP contribution >= 0.6 is 51.3 Å². The number of nitrogens with zero attached hydrogens (tertiary/aromatic N) is 2. The molecule has 5 rings (SSSR count). The molecule has 0 saturated carbocycles. The number of pyridine rings is 1. The van der Waals surface area contributed by atoms with Crippen molar-refractivity contribution in [2.75, 3.05) is 4.90 Å². The van der Waals surface area contributed by atoms with Crippen LogP contribution in [0.5, 0.6) is 0 Å².